The van der Waals surface area contributed by atoms with Crippen molar-refractivity contribution < 1.29 is 22.5 Å². The lowest BCUT2D eigenvalue weighted by molar-refractivity contribution is -0.131. The zero-order chi connectivity index (χ0) is 31.7. The Labute approximate surface area is 262 Å². The monoisotopic (exact) mass is 616 g/mol. The number of anilines is 1. The van der Waals surface area contributed by atoms with E-state index in [1.807, 2.05) is 45.7 Å². The second kappa shape index (κ2) is 12.6. The van der Waals surface area contributed by atoms with E-state index in [0.717, 1.165) is 67.5 Å². The minimum absolute atomic E-state index is 0.108. The van der Waals surface area contributed by atoms with E-state index in [4.69, 9.17) is 14.3 Å². The normalized spacial score (nSPS) is 16.6. The first-order valence-electron chi connectivity index (χ1n) is 15.7. The van der Waals surface area contributed by atoms with Crippen LogP contribution in [0.3, 0.4) is 0 Å². The number of hydrogen-bond donors (Lipinski definition) is 1. The molecular formula is C32H42B2N4O5S. The number of benzene rings is 2. The lowest BCUT2D eigenvalue weighted by Gasteiger charge is -2.30. The second-order valence-corrected chi connectivity index (χ2v) is 14.0. The predicted molar refractivity (Wildman–Crippen MR) is 178 cm³/mol. The van der Waals surface area contributed by atoms with E-state index < -0.39 is 21.0 Å². The van der Waals surface area contributed by atoms with E-state index in [1.165, 1.54) is 0 Å². The molecule has 12 heteroatoms. The molecule has 2 aliphatic rings. The Morgan fingerprint density at radius 3 is 2.48 bits per heavy atom. The maximum Gasteiger partial charge on any atom is 0.263 e. The second-order valence-electron chi connectivity index (χ2n) is 12.4. The van der Waals surface area contributed by atoms with Crippen molar-refractivity contribution in [1.82, 2.24) is 10.1 Å². The van der Waals surface area contributed by atoms with Crippen molar-refractivity contribution in [1.29, 1.82) is 0 Å². The number of nitrogens with one attached hydrogen (secondary N) is 1. The summed E-state index contributed by atoms with van der Waals surface area (Å²) in [4.78, 5) is 20.9. The summed E-state index contributed by atoms with van der Waals surface area (Å²) in [5.41, 5.74) is 3.09. The lowest BCUT2D eigenvalue weighted by Crippen LogP contribution is -2.40. The van der Waals surface area contributed by atoms with E-state index >= 15 is 0 Å². The topological polar surface area (TPSA) is 114 Å². The van der Waals surface area contributed by atoms with Gasteiger partial charge in [0.05, 0.1) is 11.4 Å². The van der Waals surface area contributed by atoms with Gasteiger partial charge in [-0.05, 0) is 62.8 Å². The Bertz CT molecular complexity index is 1680. The van der Waals surface area contributed by atoms with Crippen LogP contribution in [-0.2, 0) is 31.5 Å². The molecule has 1 amide bonds. The number of hydrogen-bond acceptors (Lipinski definition) is 7. The van der Waals surface area contributed by atoms with Crippen LogP contribution in [0.5, 0.6) is 0 Å². The molecule has 1 fully saturated rings. The van der Waals surface area contributed by atoms with Crippen LogP contribution in [0.1, 0.15) is 81.2 Å². The van der Waals surface area contributed by atoms with Gasteiger partial charge in [-0.3, -0.25) is 19.4 Å². The molecule has 2 aromatic carbocycles. The van der Waals surface area contributed by atoms with Crippen LogP contribution in [0.15, 0.2) is 56.9 Å². The van der Waals surface area contributed by atoms with Crippen molar-refractivity contribution in [2.45, 2.75) is 95.0 Å². The zero-order valence-electron chi connectivity index (χ0n) is 26.7. The largest absolute Gasteiger partial charge is 0.389 e. The Morgan fingerprint density at radius 2 is 1.82 bits per heavy atom. The highest BCUT2D eigenvalue weighted by molar-refractivity contribution is 7.92. The van der Waals surface area contributed by atoms with E-state index in [2.05, 4.69) is 22.9 Å². The molecule has 0 saturated heterocycles. The molecule has 44 heavy (non-hydrogen) atoms. The third-order valence-electron chi connectivity index (χ3n) is 8.92. The van der Waals surface area contributed by atoms with Gasteiger partial charge in [-0.25, -0.2) is 8.42 Å². The SMILES string of the molecule is BC(B)(OCC)c1cc(CN2C(=O)C3(CCCC3)N=C2CCCC)ccc1-c1ccccc1S(=O)(=O)Nc1noc(C)c1C. The number of nitrogens with zero attached hydrogens (tertiary/aromatic N) is 3. The molecule has 0 bridgehead atoms. The van der Waals surface area contributed by atoms with Crippen LogP contribution in [0.4, 0.5) is 5.82 Å². The lowest BCUT2D eigenvalue weighted by atomic mass is 9.59. The third-order valence-corrected chi connectivity index (χ3v) is 10.3. The summed E-state index contributed by atoms with van der Waals surface area (Å²) in [7, 11) is -0.0534. The summed E-state index contributed by atoms with van der Waals surface area (Å²) in [6, 6.07) is 12.9. The number of amidine groups is 1. The van der Waals surface area contributed by atoms with Crippen LogP contribution in [0.25, 0.3) is 11.1 Å². The number of carbonyl (C=O) groups is 1. The number of carbonyl (C=O) groups excluding carboxylic acids is 1. The maximum atomic E-state index is 13.8. The van der Waals surface area contributed by atoms with Crippen molar-refractivity contribution in [3.8, 4) is 11.1 Å². The summed E-state index contributed by atoms with van der Waals surface area (Å²) < 4.78 is 41.5. The first-order chi connectivity index (χ1) is 20.9. The van der Waals surface area contributed by atoms with Crippen LogP contribution < -0.4 is 4.72 Å². The van der Waals surface area contributed by atoms with Crippen molar-refractivity contribution in [3.05, 3.63) is 64.9 Å². The summed E-state index contributed by atoms with van der Waals surface area (Å²) in [6.07, 6.45) is 6.47. The molecule has 1 aliphatic heterocycles. The molecule has 1 saturated carbocycles. The van der Waals surface area contributed by atoms with Crippen LogP contribution in [-0.4, -0.2) is 58.1 Å². The quantitative estimate of drug-likeness (QED) is 0.302. The van der Waals surface area contributed by atoms with Crippen molar-refractivity contribution in [3.63, 3.8) is 0 Å². The molecule has 1 aliphatic carbocycles. The molecule has 232 valence electrons. The molecule has 2 heterocycles. The van der Waals surface area contributed by atoms with Crippen LogP contribution in [0.2, 0.25) is 0 Å². The highest BCUT2D eigenvalue weighted by Gasteiger charge is 2.49. The smallest absolute Gasteiger partial charge is 0.263 e. The van der Waals surface area contributed by atoms with Gasteiger partial charge in [0.15, 0.2) is 5.82 Å². The highest BCUT2D eigenvalue weighted by atomic mass is 32.2. The van der Waals surface area contributed by atoms with Gasteiger partial charge >= 0.3 is 0 Å². The summed E-state index contributed by atoms with van der Waals surface area (Å²) in [5.74, 6) is 1.70. The van der Waals surface area contributed by atoms with Gasteiger partial charge in [0.1, 0.15) is 32.8 Å². The number of aliphatic imine (C=N–C) groups is 1. The highest BCUT2D eigenvalue weighted by Crippen LogP contribution is 2.41. The van der Waals surface area contributed by atoms with E-state index in [0.29, 0.717) is 30.0 Å². The van der Waals surface area contributed by atoms with Crippen molar-refractivity contribution in [2.24, 2.45) is 4.99 Å². The predicted octanol–water partition coefficient (Wildman–Crippen LogP) is 4.42. The molecule has 1 N–H and O–H groups in total. The Kier molecular flexibility index (Phi) is 9.14. The minimum atomic E-state index is -4.02. The molecule has 0 atom stereocenters. The Balaban J connectivity index is 1.55. The number of ether oxygens (including phenoxy) is 1. The average molecular weight is 616 g/mol. The number of unbranched alkanes of at least 4 members (excludes halogenated alkanes) is 1. The fourth-order valence-electron chi connectivity index (χ4n) is 6.36. The molecule has 9 nitrogen and oxygen atoms in total. The average Bonchev–Trinajstić information content (AvgIpc) is 3.67. The number of rotatable bonds is 12. The first kappa shape index (κ1) is 32.0. The Hall–Kier alpha value is -3.37. The molecule has 0 radical (unpaired) electrons. The van der Waals surface area contributed by atoms with Gasteiger partial charge in [-0.15, -0.1) is 0 Å². The number of aromatic nitrogens is 1. The third kappa shape index (κ3) is 6.11. The fourth-order valence-corrected chi connectivity index (χ4v) is 7.64. The summed E-state index contributed by atoms with van der Waals surface area (Å²) in [5, 5.41) is 3.15. The van der Waals surface area contributed by atoms with Gasteiger partial charge in [0.25, 0.3) is 15.9 Å². The standard InChI is InChI=1S/C32H42B2N4O5S/c1-5-7-14-28-35-31(17-10-11-18-31)30(39)38(28)20-23-15-16-24(26(19-23)32(33,34)42-6-2)25-12-8-9-13-27(25)44(40,41)37-29-21(3)22(4)43-36-29/h8-9,12-13,15-16,19H,5-7,10-11,14,17-18,20,33-34H2,1-4H3,(H,36,37). The number of aryl methyl sites for hydroxylation is 1. The molecule has 1 spiro atoms. The van der Waals surface area contributed by atoms with E-state index in [9.17, 15) is 13.2 Å². The van der Waals surface area contributed by atoms with Crippen molar-refractivity contribution in [2.75, 3.05) is 11.3 Å². The van der Waals surface area contributed by atoms with Gasteiger partial charge in [0.2, 0.25) is 0 Å². The van der Waals surface area contributed by atoms with E-state index in [-0.39, 0.29) is 16.6 Å². The first-order valence-corrected chi connectivity index (χ1v) is 17.1. The fraction of sp³-hybridized carbons (Fsp3) is 0.469. The van der Waals surface area contributed by atoms with Gasteiger partial charge < -0.3 is 9.26 Å². The molecular weight excluding hydrogens is 574 g/mol. The molecule has 5 rings (SSSR count). The van der Waals surface area contributed by atoms with Gasteiger partial charge in [0, 0.05) is 29.6 Å². The summed E-state index contributed by atoms with van der Waals surface area (Å²) >= 11 is 0. The number of sulfonamides is 1. The molecule has 1 aromatic heterocycles. The van der Waals surface area contributed by atoms with Gasteiger partial charge in [-0.1, -0.05) is 67.7 Å². The van der Waals surface area contributed by atoms with Crippen LogP contribution in [0, 0.1) is 13.8 Å². The number of amides is 1. The van der Waals surface area contributed by atoms with E-state index in [1.54, 1.807) is 32.0 Å². The maximum absolute atomic E-state index is 13.8. The molecule has 3 aromatic rings. The summed E-state index contributed by atoms with van der Waals surface area (Å²) in [6.45, 7) is 8.47. The zero-order valence-corrected chi connectivity index (χ0v) is 27.5. The van der Waals surface area contributed by atoms with Gasteiger partial charge in [-0.2, -0.15) is 0 Å². The van der Waals surface area contributed by atoms with Crippen LogP contribution >= 0.6 is 0 Å². The molecule has 0 unspecified atom stereocenters. The minimum Gasteiger partial charge on any atom is -0.389 e. The van der Waals surface area contributed by atoms with Crippen molar-refractivity contribution >= 4 is 43.3 Å². The Morgan fingerprint density at radius 1 is 1.09 bits per heavy atom.